The van der Waals surface area contributed by atoms with Crippen molar-refractivity contribution in [2.45, 2.75) is 12.8 Å². The number of nitrogens with zero attached hydrogens (tertiary/aromatic N) is 2. The summed E-state index contributed by atoms with van der Waals surface area (Å²) in [5, 5.41) is 13.6. The summed E-state index contributed by atoms with van der Waals surface area (Å²) >= 11 is 5.06. The lowest BCUT2D eigenvalue weighted by molar-refractivity contribution is 0.416. The summed E-state index contributed by atoms with van der Waals surface area (Å²) in [4.78, 5) is 0. The molecular weight excluding hydrogens is 326 g/mol. The molecule has 1 aromatic heterocycles. The van der Waals surface area contributed by atoms with Gasteiger partial charge in [-0.2, -0.15) is 0 Å². The second-order valence-corrected chi connectivity index (χ2v) is 6.03. The van der Waals surface area contributed by atoms with E-state index in [4.69, 9.17) is 4.74 Å². The molecule has 102 valence electrons. The smallest absolute Gasteiger partial charge is 0.151 e. The predicted molar refractivity (Wildman–Crippen MR) is 81.8 cm³/mol. The average Bonchev–Trinajstić information content (AvgIpc) is 2.87. The SMILES string of the molecule is CNCCCc1nnc(-c2ccc(Br)cc2OC)s1. The number of hydrogen-bond acceptors (Lipinski definition) is 5. The van der Waals surface area contributed by atoms with Crippen molar-refractivity contribution in [2.75, 3.05) is 20.7 Å². The standard InChI is InChI=1S/C13H16BrN3OS/c1-15-7-3-4-12-16-17-13(19-12)10-6-5-9(14)8-11(10)18-2/h5-6,8,15H,3-4,7H2,1-2H3. The van der Waals surface area contributed by atoms with Gasteiger partial charge in [0.25, 0.3) is 0 Å². The molecule has 1 N–H and O–H groups in total. The summed E-state index contributed by atoms with van der Waals surface area (Å²) in [7, 11) is 3.62. The van der Waals surface area contributed by atoms with Gasteiger partial charge in [-0.3, -0.25) is 0 Å². The van der Waals surface area contributed by atoms with E-state index in [1.165, 1.54) is 0 Å². The van der Waals surface area contributed by atoms with Crippen LogP contribution in [0.1, 0.15) is 11.4 Å². The van der Waals surface area contributed by atoms with Gasteiger partial charge in [-0.15, -0.1) is 10.2 Å². The number of nitrogens with one attached hydrogen (secondary N) is 1. The van der Waals surface area contributed by atoms with Crippen LogP contribution >= 0.6 is 27.3 Å². The number of benzene rings is 1. The predicted octanol–water partition coefficient (Wildman–Crippen LogP) is 3.13. The van der Waals surface area contributed by atoms with E-state index in [-0.39, 0.29) is 0 Å². The molecule has 6 heteroatoms. The van der Waals surface area contributed by atoms with Crippen LogP contribution in [0, 0.1) is 0 Å². The van der Waals surface area contributed by atoms with Crippen LogP contribution in [-0.2, 0) is 6.42 Å². The minimum absolute atomic E-state index is 0.812. The number of halogens is 1. The lowest BCUT2D eigenvalue weighted by Gasteiger charge is -2.05. The fraction of sp³-hybridized carbons (Fsp3) is 0.385. The minimum atomic E-state index is 0.812. The van der Waals surface area contributed by atoms with Crippen molar-refractivity contribution >= 4 is 27.3 Å². The number of ether oxygens (including phenoxy) is 1. The van der Waals surface area contributed by atoms with E-state index in [9.17, 15) is 0 Å². The van der Waals surface area contributed by atoms with Gasteiger partial charge in [0.05, 0.1) is 12.7 Å². The molecule has 0 aliphatic rings. The van der Waals surface area contributed by atoms with Crippen LogP contribution in [-0.4, -0.2) is 30.9 Å². The normalized spacial score (nSPS) is 10.7. The van der Waals surface area contributed by atoms with Crippen molar-refractivity contribution in [3.63, 3.8) is 0 Å². The maximum atomic E-state index is 5.39. The maximum Gasteiger partial charge on any atom is 0.151 e. The maximum absolute atomic E-state index is 5.39. The molecule has 19 heavy (non-hydrogen) atoms. The molecule has 0 bridgehead atoms. The largest absolute Gasteiger partial charge is 0.496 e. The Labute approximate surface area is 125 Å². The van der Waals surface area contributed by atoms with Crippen LogP contribution in [0.4, 0.5) is 0 Å². The quantitative estimate of drug-likeness (QED) is 0.820. The Bertz CT molecular complexity index is 544. The van der Waals surface area contributed by atoms with E-state index >= 15 is 0 Å². The van der Waals surface area contributed by atoms with Crippen LogP contribution in [0.15, 0.2) is 22.7 Å². The van der Waals surface area contributed by atoms with Crippen molar-refractivity contribution in [1.29, 1.82) is 0 Å². The molecular formula is C13H16BrN3OS. The number of rotatable bonds is 6. The molecule has 0 aliphatic heterocycles. The fourth-order valence-electron chi connectivity index (χ4n) is 1.72. The third-order valence-corrected chi connectivity index (χ3v) is 4.19. The van der Waals surface area contributed by atoms with Crippen LogP contribution in [0.5, 0.6) is 5.75 Å². The molecule has 0 saturated heterocycles. The second kappa shape index (κ2) is 6.98. The first kappa shape index (κ1) is 14.4. The second-order valence-electron chi connectivity index (χ2n) is 4.05. The van der Waals surface area contributed by atoms with Gasteiger partial charge in [0.15, 0.2) is 5.01 Å². The zero-order valence-corrected chi connectivity index (χ0v) is 13.3. The first-order valence-corrected chi connectivity index (χ1v) is 7.66. The first-order chi connectivity index (χ1) is 9.24. The minimum Gasteiger partial charge on any atom is -0.496 e. The summed E-state index contributed by atoms with van der Waals surface area (Å²) in [5.74, 6) is 0.812. The Kier molecular flexibility index (Phi) is 5.30. The monoisotopic (exact) mass is 341 g/mol. The van der Waals surface area contributed by atoms with E-state index < -0.39 is 0 Å². The topological polar surface area (TPSA) is 47.0 Å². The highest BCUT2D eigenvalue weighted by molar-refractivity contribution is 9.10. The molecule has 0 radical (unpaired) electrons. The lowest BCUT2D eigenvalue weighted by Crippen LogP contribution is -2.08. The molecule has 1 heterocycles. The zero-order valence-electron chi connectivity index (χ0n) is 10.9. The van der Waals surface area contributed by atoms with Gasteiger partial charge in [-0.1, -0.05) is 27.3 Å². The molecule has 0 fully saturated rings. The molecule has 0 saturated carbocycles. The number of aromatic nitrogens is 2. The van der Waals surface area contributed by atoms with Gasteiger partial charge in [0.1, 0.15) is 10.8 Å². The van der Waals surface area contributed by atoms with Gasteiger partial charge in [-0.05, 0) is 38.2 Å². The number of aryl methyl sites for hydroxylation is 1. The van der Waals surface area contributed by atoms with Crippen LogP contribution in [0.2, 0.25) is 0 Å². The highest BCUT2D eigenvalue weighted by atomic mass is 79.9. The van der Waals surface area contributed by atoms with Crippen molar-refractivity contribution in [3.05, 3.63) is 27.7 Å². The van der Waals surface area contributed by atoms with Crippen molar-refractivity contribution < 1.29 is 4.74 Å². The van der Waals surface area contributed by atoms with E-state index in [0.717, 1.165) is 45.2 Å². The summed E-state index contributed by atoms with van der Waals surface area (Å²) in [6.07, 6.45) is 2.03. The van der Waals surface area contributed by atoms with Crippen LogP contribution in [0.3, 0.4) is 0 Å². The van der Waals surface area contributed by atoms with Crippen molar-refractivity contribution in [2.24, 2.45) is 0 Å². The Balaban J connectivity index is 2.18. The molecule has 4 nitrogen and oxygen atoms in total. The molecule has 2 aromatic rings. The number of hydrogen-bond donors (Lipinski definition) is 1. The van der Waals surface area contributed by atoms with Gasteiger partial charge in [0.2, 0.25) is 0 Å². The van der Waals surface area contributed by atoms with Gasteiger partial charge in [-0.25, -0.2) is 0 Å². The summed E-state index contributed by atoms with van der Waals surface area (Å²) in [6, 6.07) is 5.93. The van der Waals surface area contributed by atoms with Gasteiger partial charge in [0, 0.05) is 10.9 Å². The summed E-state index contributed by atoms with van der Waals surface area (Å²) in [6.45, 7) is 0.997. The third kappa shape index (κ3) is 3.75. The Hall–Kier alpha value is -0.980. The Morgan fingerprint density at radius 3 is 2.95 bits per heavy atom. The Morgan fingerprint density at radius 2 is 2.21 bits per heavy atom. The fourth-order valence-corrected chi connectivity index (χ4v) is 2.97. The summed E-state index contributed by atoms with van der Waals surface area (Å²) in [5.41, 5.74) is 0.989. The van der Waals surface area contributed by atoms with E-state index in [1.807, 2.05) is 25.2 Å². The van der Waals surface area contributed by atoms with Crippen LogP contribution < -0.4 is 10.1 Å². The average molecular weight is 342 g/mol. The molecule has 0 aliphatic carbocycles. The molecule has 0 amide bonds. The molecule has 0 unspecified atom stereocenters. The van der Waals surface area contributed by atoms with Crippen molar-refractivity contribution in [3.8, 4) is 16.3 Å². The summed E-state index contributed by atoms with van der Waals surface area (Å²) < 4.78 is 6.38. The lowest BCUT2D eigenvalue weighted by atomic mass is 10.2. The van der Waals surface area contributed by atoms with Gasteiger partial charge >= 0.3 is 0 Å². The van der Waals surface area contributed by atoms with E-state index in [2.05, 4.69) is 31.4 Å². The van der Waals surface area contributed by atoms with Crippen molar-refractivity contribution in [1.82, 2.24) is 15.5 Å². The van der Waals surface area contributed by atoms with E-state index in [0.29, 0.717) is 0 Å². The molecule has 2 rings (SSSR count). The zero-order chi connectivity index (χ0) is 13.7. The van der Waals surface area contributed by atoms with Gasteiger partial charge < -0.3 is 10.1 Å². The Morgan fingerprint density at radius 1 is 1.37 bits per heavy atom. The highest BCUT2D eigenvalue weighted by Crippen LogP contribution is 2.34. The molecule has 1 aromatic carbocycles. The first-order valence-electron chi connectivity index (χ1n) is 6.05. The van der Waals surface area contributed by atoms with E-state index in [1.54, 1.807) is 18.4 Å². The highest BCUT2D eigenvalue weighted by Gasteiger charge is 2.11. The van der Waals surface area contributed by atoms with Crippen LogP contribution in [0.25, 0.3) is 10.6 Å². The molecule has 0 spiro atoms. The third-order valence-electron chi connectivity index (χ3n) is 2.68. The molecule has 0 atom stereocenters. The number of methoxy groups -OCH3 is 1.